The van der Waals surface area contributed by atoms with E-state index in [-0.39, 0.29) is 0 Å². The number of hydrogen-bond acceptors (Lipinski definition) is 1. The highest BCUT2D eigenvalue weighted by molar-refractivity contribution is 5.73. The number of para-hydroxylation sites is 2. The summed E-state index contributed by atoms with van der Waals surface area (Å²) in [5.41, 5.74) is 3.53. The Morgan fingerprint density at radius 3 is 2.40 bits per heavy atom. The Hall–Kier alpha value is -2.11. The molecule has 0 atom stereocenters. The van der Waals surface area contributed by atoms with Crippen LogP contribution in [0.1, 0.15) is 5.56 Å². The van der Waals surface area contributed by atoms with Crippen LogP contribution in [0.25, 0.3) is 0 Å². The Labute approximate surface area is 89.3 Å². The van der Waals surface area contributed by atoms with Crippen molar-refractivity contribution in [2.45, 2.75) is 0 Å². The molecule has 2 aromatic carbocycles. The summed E-state index contributed by atoms with van der Waals surface area (Å²) < 4.78 is 0. The zero-order valence-electron chi connectivity index (χ0n) is 8.22. The minimum atomic E-state index is 1.15. The van der Waals surface area contributed by atoms with Gasteiger partial charge in [0.2, 0.25) is 5.56 Å². The molecule has 0 unspecified atom stereocenters. The Kier molecular flexibility index (Phi) is 1.77. The molecule has 1 heterocycles. The summed E-state index contributed by atoms with van der Waals surface area (Å²) in [7, 11) is 0. The van der Waals surface area contributed by atoms with Crippen LogP contribution in [0, 0.1) is 6.08 Å². The monoisotopic (exact) mass is 192 g/mol. The zero-order chi connectivity index (χ0) is 10.1. The summed E-state index contributed by atoms with van der Waals surface area (Å²) in [5, 5.41) is 0. The minimum Gasteiger partial charge on any atom is -0.242 e. The molecule has 70 valence electrons. The lowest BCUT2D eigenvalue weighted by Crippen LogP contribution is -2.04. The van der Waals surface area contributed by atoms with Gasteiger partial charge in [-0.25, -0.2) is 4.90 Å². The van der Waals surface area contributed by atoms with Crippen LogP contribution in [-0.2, 0) is 0 Å². The van der Waals surface area contributed by atoms with Crippen molar-refractivity contribution in [3.05, 3.63) is 72.4 Å². The Bertz CT molecular complexity index is 500. The summed E-state index contributed by atoms with van der Waals surface area (Å²) in [6.07, 6.45) is 5.24. The lowest BCUT2D eigenvalue weighted by atomic mass is 10.2. The highest BCUT2D eigenvalue weighted by Crippen LogP contribution is 2.33. The first-order valence-electron chi connectivity index (χ1n) is 4.98. The van der Waals surface area contributed by atoms with Crippen LogP contribution in [0.5, 0.6) is 0 Å². The van der Waals surface area contributed by atoms with Crippen LogP contribution in [-0.4, -0.2) is 0 Å². The maximum Gasteiger partial charge on any atom is 0.214 e. The van der Waals surface area contributed by atoms with E-state index >= 15 is 0 Å². The summed E-state index contributed by atoms with van der Waals surface area (Å²) in [6.45, 7) is 0. The largest absolute Gasteiger partial charge is 0.242 e. The van der Waals surface area contributed by atoms with E-state index in [1.807, 2.05) is 30.5 Å². The average molecular weight is 192 g/mol. The molecule has 0 radical (unpaired) electrons. The average Bonchev–Trinajstić information content (AvgIpc) is 2.74. The van der Waals surface area contributed by atoms with Crippen LogP contribution >= 0.6 is 0 Å². The Morgan fingerprint density at radius 1 is 0.800 bits per heavy atom. The highest BCUT2D eigenvalue weighted by atomic mass is 15.1. The third-order valence-electron chi connectivity index (χ3n) is 2.55. The van der Waals surface area contributed by atoms with Gasteiger partial charge in [0.15, 0.2) is 5.69 Å². The lowest BCUT2D eigenvalue weighted by molar-refractivity contribution is 1.32. The molecular weight excluding hydrogens is 182 g/mol. The van der Waals surface area contributed by atoms with E-state index in [0.717, 1.165) is 5.56 Å². The fraction of sp³-hybridized carbons (Fsp3) is 0. The summed E-state index contributed by atoms with van der Waals surface area (Å²) in [5.74, 6) is 0. The molecule has 2 aromatic rings. The number of rotatable bonds is 1. The van der Waals surface area contributed by atoms with Crippen molar-refractivity contribution in [3.63, 3.8) is 0 Å². The fourth-order valence-corrected chi connectivity index (χ4v) is 1.81. The molecule has 0 aliphatic carbocycles. The van der Waals surface area contributed by atoms with Gasteiger partial charge in [0.25, 0.3) is 0 Å². The molecule has 0 spiro atoms. The van der Waals surface area contributed by atoms with Gasteiger partial charge in [-0.3, -0.25) is 0 Å². The first-order valence-corrected chi connectivity index (χ1v) is 4.98. The molecule has 1 heteroatoms. The number of benzene rings is 2. The van der Waals surface area contributed by atoms with Crippen LogP contribution < -0.4 is 4.90 Å². The number of fused-ring (bicyclic) bond motifs is 1. The molecule has 0 saturated carbocycles. The molecular formula is C14H10N+. The number of nitrogens with zero attached hydrogens (tertiary/aromatic N) is 1. The summed E-state index contributed by atoms with van der Waals surface area (Å²) >= 11 is 0. The smallest absolute Gasteiger partial charge is 0.214 e. The number of hydrogen-bond donors (Lipinski definition) is 0. The third kappa shape index (κ3) is 1.30. The second kappa shape index (κ2) is 3.23. The van der Waals surface area contributed by atoms with Gasteiger partial charge in [-0.2, -0.15) is 0 Å². The zero-order valence-corrected chi connectivity index (χ0v) is 8.22. The number of anilines is 2. The van der Waals surface area contributed by atoms with E-state index in [1.54, 1.807) is 0 Å². The molecule has 3 rings (SSSR count). The van der Waals surface area contributed by atoms with Crippen LogP contribution in [0.2, 0.25) is 0 Å². The maximum absolute atomic E-state index is 3.25. The van der Waals surface area contributed by atoms with Crippen molar-refractivity contribution in [2.75, 3.05) is 4.90 Å². The lowest BCUT2D eigenvalue weighted by Gasteiger charge is -2.10. The molecule has 0 saturated heterocycles. The van der Waals surface area contributed by atoms with Crippen molar-refractivity contribution >= 4 is 11.4 Å². The quantitative estimate of drug-likeness (QED) is 0.625. The van der Waals surface area contributed by atoms with Gasteiger partial charge in [0.1, 0.15) is 6.20 Å². The van der Waals surface area contributed by atoms with E-state index in [9.17, 15) is 0 Å². The highest BCUT2D eigenvalue weighted by Gasteiger charge is 2.23. The summed E-state index contributed by atoms with van der Waals surface area (Å²) in [4.78, 5) is 2.15. The molecule has 0 bridgehead atoms. The van der Waals surface area contributed by atoms with Crippen LogP contribution in [0.3, 0.4) is 0 Å². The Morgan fingerprint density at radius 2 is 1.53 bits per heavy atom. The second-order valence-electron chi connectivity index (χ2n) is 3.50. The van der Waals surface area contributed by atoms with E-state index in [2.05, 4.69) is 41.3 Å². The predicted molar refractivity (Wildman–Crippen MR) is 61.9 cm³/mol. The molecule has 0 fully saturated rings. The van der Waals surface area contributed by atoms with Gasteiger partial charge < -0.3 is 0 Å². The molecule has 1 aliphatic rings. The fourth-order valence-electron chi connectivity index (χ4n) is 1.81. The molecule has 0 amide bonds. The summed E-state index contributed by atoms with van der Waals surface area (Å²) in [6, 6.07) is 18.6. The maximum atomic E-state index is 3.25. The van der Waals surface area contributed by atoms with Gasteiger partial charge >= 0.3 is 0 Å². The van der Waals surface area contributed by atoms with Gasteiger partial charge in [0, 0.05) is 6.07 Å². The molecule has 0 aromatic heterocycles. The van der Waals surface area contributed by atoms with Gasteiger partial charge in [-0.1, -0.05) is 18.2 Å². The first kappa shape index (κ1) is 8.22. The topological polar surface area (TPSA) is 3.24 Å². The van der Waals surface area contributed by atoms with Gasteiger partial charge in [-0.05, 0) is 24.3 Å². The second-order valence-corrected chi connectivity index (χ2v) is 3.50. The predicted octanol–water partition coefficient (Wildman–Crippen LogP) is 3.50. The van der Waals surface area contributed by atoms with E-state index < -0.39 is 0 Å². The van der Waals surface area contributed by atoms with Crippen molar-refractivity contribution < 1.29 is 0 Å². The van der Waals surface area contributed by atoms with Crippen LogP contribution in [0.4, 0.5) is 11.4 Å². The van der Waals surface area contributed by atoms with Crippen molar-refractivity contribution in [2.24, 2.45) is 0 Å². The van der Waals surface area contributed by atoms with Crippen molar-refractivity contribution in [3.8, 4) is 0 Å². The van der Waals surface area contributed by atoms with Crippen LogP contribution in [0.15, 0.2) is 60.8 Å². The molecule has 1 aliphatic heterocycles. The van der Waals surface area contributed by atoms with Gasteiger partial charge in [-0.15, -0.1) is 0 Å². The van der Waals surface area contributed by atoms with Crippen molar-refractivity contribution in [1.82, 2.24) is 0 Å². The standard InChI is InChI=1S/C14H10N/c1-2-7-13(8-3-1)15-11-10-12-6-4-5-9-14(12)15/h1-9,11H/q+1. The molecule has 0 N–H and O–H groups in total. The van der Waals surface area contributed by atoms with E-state index in [1.165, 1.54) is 11.4 Å². The van der Waals surface area contributed by atoms with Crippen molar-refractivity contribution in [1.29, 1.82) is 0 Å². The Balaban J connectivity index is 2.09. The first-order chi connectivity index (χ1) is 7.45. The molecule has 1 nitrogen and oxygen atoms in total. The van der Waals surface area contributed by atoms with E-state index in [0.29, 0.717) is 0 Å². The molecule has 15 heavy (non-hydrogen) atoms. The SMILES string of the molecule is [C+]1=CN(c2ccccc2)c2ccccc21. The normalized spacial score (nSPS) is 12.4. The minimum absolute atomic E-state index is 1.15. The third-order valence-corrected chi connectivity index (χ3v) is 2.55. The van der Waals surface area contributed by atoms with E-state index in [4.69, 9.17) is 0 Å². The van der Waals surface area contributed by atoms with Gasteiger partial charge in [0.05, 0.1) is 17.8 Å².